The zero-order chi connectivity index (χ0) is 45.4. The molecule has 7 rings (SSSR count). The van der Waals surface area contributed by atoms with Gasteiger partial charge in [0.15, 0.2) is 0 Å². The van der Waals surface area contributed by atoms with E-state index in [2.05, 4.69) is 10.6 Å². The molecule has 0 aliphatic heterocycles. The third kappa shape index (κ3) is 11.8. The SMILES string of the molecule is CC(C)(C)OC(=O)N[C@@H](Cc1ccc(-n2cc3ccccc3cc2=O)cc1)C(=O)O.O=C(N[C@@H](Cc1ccc(-n2cc3ccccc3cc2=O)cc1)C(=O)O)c1c(Cl)cccc1Cl. The third-order valence-electron chi connectivity index (χ3n) is 9.65. The normalized spacial score (nSPS) is 12.1. The monoisotopic (exact) mass is 888 g/mol. The maximum absolute atomic E-state index is 12.6. The molecule has 2 atom stereocenters. The molecule has 0 saturated heterocycles. The number of carboxylic acids is 2. The van der Waals surface area contributed by atoms with E-state index in [1.807, 2.05) is 48.5 Å². The van der Waals surface area contributed by atoms with Crippen LogP contribution in [0.3, 0.4) is 0 Å². The summed E-state index contributed by atoms with van der Waals surface area (Å²) in [5.41, 5.74) is 1.67. The summed E-state index contributed by atoms with van der Waals surface area (Å²) in [6, 6.07) is 34.5. The van der Waals surface area contributed by atoms with E-state index in [4.69, 9.17) is 27.9 Å². The number of carboxylic acid groups (broad SMARTS) is 2. The quantitative estimate of drug-likeness (QED) is 0.0993. The van der Waals surface area contributed by atoms with Crippen LogP contribution in [0.4, 0.5) is 4.79 Å². The van der Waals surface area contributed by atoms with Crippen molar-refractivity contribution in [1.29, 1.82) is 0 Å². The molecule has 0 aliphatic carbocycles. The van der Waals surface area contributed by atoms with E-state index in [-0.39, 0.29) is 39.6 Å². The predicted molar refractivity (Wildman–Crippen MR) is 243 cm³/mol. The number of ether oxygens (including phenoxy) is 1. The number of nitrogens with zero attached hydrogens (tertiary/aromatic N) is 2. The summed E-state index contributed by atoms with van der Waals surface area (Å²) in [4.78, 5) is 72.8. The van der Waals surface area contributed by atoms with Crippen LogP contribution in [0.1, 0.15) is 42.3 Å². The maximum Gasteiger partial charge on any atom is 0.408 e. The van der Waals surface area contributed by atoms with E-state index in [9.17, 15) is 39.0 Å². The highest BCUT2D eigenvalue weighted by molar-refractivity contribution is 6.39. The van der Waals surface area contributed by atoms with Crippen LogP contribution in [-0.4, -0.2) is 61.0 Å². The fourth-order valence-electron chi connectivity index (χ4n) is 6.59. The minimum Gasteiger partial charge on any atom is -0.480 e. The second kappa shape index (κ2) is 19.7. The first kappa shape index (κ1) is 45.3. The fraction of sp³-hybridized carbons (Fsp3) is 0.167. The molecule has 0 fully saturated rings. The largest absolute Gasteiger partial charge is 0.480 e. The number of amides is 2. The Bertz CT molecular complexity index is 2920. The Hall–Kier alpha value is -7.22. The van der Waals surface area contributed by atoms with Gasteiger partial charge in [-0.15, -0.1) is 0 Å². The van der Waals surface area contributed by atoms with Gasteiger partial charge in [0.1, 0.15) is 17.7 Å². The molecule has 13 nitrogen and oxygen atoms in total. The highest BCUT2D eigenvalue weighted by Gasteiger charge is 2.25. The Kier molecular flexibility index (Phi) is 14.1. The molecule has 0 bridgehead atoms. The van der Waals surface area contributed by atoms with Gasteiger partial charge in [-0.05, 0) is 89.8 Å². The molecule has 0 spiro atoms. The van der Waals surface area contributed by atoms with Gasteiger partial charge in [0.05, 0.1) is 15.6 Å². The number of aromatic nitrogens is 2. The summed E-state index contributed by atoms with van der Waals surface area (Å²) in [6.45, 7) is 5.11. The van der Waals surface area contributed by atoms with Crippen LogP contribution in [0, 0.1) is 0 Å². The number of fused-ring (bicyclic) bond motifs is 2. The highest BCUT2D eigenvalue weighted by atomic mass is 35.5. The summed E-state index contributed by atoms with van der Waals surface area (Å²) in [6.07, 6.45) is 2.88. The average molecular weight is 890 g/mol. The number of halogens is 2. The van der Waals surface area contributed by atoms with Gasteiger partial charge in [0, 0.05) is 48.7 Å². The van der Waals surface area contributed by atoms with E-state index in [0.717, 1.165) is 21.5 Å². The average Bonchev–Trinajstić information content (AvgIpc) is 3.23. The van der Waals surface area contributed by atoms with Crippen LogP contribution in [0.15, 0.2) is 149 Å². The smallest absolute Gasteiger partial charge is 0.408 e. The van der Waals surface area contributed by atoms with E-state index in [1.165, 1.54) is 16.7 Å². The van der Waals surface area contributed by atoms with E-state index < -0.39 is 41.6 Å². The number of carbonyl (C=O) groups is 4. The van der Waals surface area contributed by atoms with Crippen LogP contribution in [0.25, 0.3) is 32.9 Å². The number of alkyl carbamates (subject to hydrolysis) is 1. The second-order valence-corrected chi connectivity index (χ2v) is 16.3. The molecular formula is C48H42Cl2N4O9. The van der Waals surface area contributed by atoms with Gasteiger partial charge in [0.25, 0.3) is 17.0 Å². The lowest BCUT2D eigenvalue weighted by atomic mass is 10.0. The molecule has 7 aromatic rings. The first-order chi connectivity index (χ1) is 29.9. The molecule has 322 valence electrons. The van der Waals surface area contributed by atoms with Gasteiger partial charge < -0.3 is 25.6 Å². The molecule has 2 heterocycles. The predicted octanol–water partition coefficient (Wildman–Crippen LogP) is 8.23. The van der Waals surface area contributed by atoms with Crippen molar-refractivity contribution in [3.63, 3.8) is 0 Å². The number of hydrogen-bond acceptors (Lipinski definition) is 7. The van der Waals surface area contributed by atoms with Crippen molar-refractivity contribution in [2.75, 3.05) is 0 Å². The number of rotatable bonds is 11. The first-order valence-electron chi connectivity index (χ1n) is 19.6. The third-order valence-corrected chi connectivity index (χ3v) is 10.3. The molecule has 0 saturated carbocycles. The number of carbonyl (C=O) groups excluding carboxylic acids is 2. The molecule has 2 aromatic heterocycles. The number of hydrogen-bond donors (Lipinski definition) is 4. The van der Waals surface area contributed by atoms with Crippen molar-refractivity contribution in [1.82, 2.24) is 19.8 Å². The van der Waals surface area contributed by atoms with Crippen molar-refractivity contribution >= 4 is 68.7 Å². The first-order valence-corrected chi connectivity index (χ1v) is 20.3. The van der Waals surface area contributed by atoms with Gasteiger partial charge >= 0.3 is 18.0 Å². The van der Waals surface area contributed by atoms with Crippen LogP contribution in [0.2, 0.25) is 10.0 Å². The van der Waals surface area contributed by atoms with Gasteiger partial charge in [-0.1, -0.05) is 102 Å². The van der Waals surface area contributed by atoms with Crippen LogP contribution < -0.4 is 21.8 Å². The lowest BCUT2D eigenvalue weighted by Gasteiger charge is -2.22. The number of benzene rings is 5. The summed E-state index contributed by atoms with van der Waals surface area (Å²) in [5, 5.41) is 27.8. The van der Waals surface area contributed by atoms with E-state index in [0.29, 0.717) is 22.5 Å². The minimum absolute atomic E-state index is 0.0260. The molecule has 0 aliphatic rings. The molecule has 15 heteroatoms. The van der Waals surface area contributed by atoms with Crippen LogP contribution in [-0.2, 0) is 27.2 Å². The Morgan fingerprint density at radius 2 is 0.984 bits per heavy atom. The van der Waals surface area contributed by atoms with Crippen molar-refractivity contribution in [2.24, 2.45) is 0 Å². The molecule has 0 unspecified atom stereocenters. The van der Waals surface area contributed by atoms with Gasteiger partial charge in [-0.3, -0.25) is 23.5 Å². The van der Waals surface area contributed by atoms with Crippen molar-refractivity contribution < 1.29 is 34.1 Å². The molecule has 4 N–H and O–H groups in total. The molecule has 63 heavy (non-hydrogen) atoms. The van der Waals surface area contributed by atoms with E-state index >= 15 is 0 Å². The topological polar surface area (TPSA) is 186 Å². The standard InChI is InChI=1S/C25H18Cl2N2O4.C23H24N2O5/c26-19-6-3-7-20(27)23(19)24(31)28-21(25(32)33)12-15-8-10-18(11-9-15)29-14-17-5-2-1-4-16(17)13-22(29)30;1-23(2,3)30-22(29)24-19(21(27)28)12-15-8-10-18(11-9-15)25-14-17-7-5-4-6-16(17)13-20(25)26/h1-11,13-14,21H,12H2,(H,28,31)(H,32,33);4-11,13-14,19H,12H2,1-3H3,(H,24,29)(H,27,28)/t21-;19-/m00/s1. The van der Waals surface area contributed by atoms with Gasteiger partial charge in [0.2, 0.25) is 0 Å². The van der Waals surface area contributed by atoms with Crippen LogP contribution in [0.5, 0.6) is 0 Å². The number of aliphatic carboxylic acids is 2. The summed E-state index contributed by atoms with van der Waals surface area (Å²) in [5.74, 6) is -3.02. The Morgan fingerprint density at radius 3 is 1.38 bits per heavy atom. The van der Waals surface area contributed by atoms with Gasteiger partial charge in [-0.2, -0.15) is 0 Å². The zero-order valence-corrected chi connectivity index (χ0v) is 35.8. The Balaban J connectivity index is 0.000000211. The zero-order valence-electron chi connectivity index (χ0n) is 34.3. The molecule has 0 radical (unpaired) electrons. The van der Waals surface area contributed by atoms with Crippen molar-refractivity contribution in [3.05, 3.63) is 187 Å². The lowest BCUT2D eigenvalue weighted by Crippen LogP contribution is -2.44. The van der Waals surface area contributed by atoms with Gasteiger partial charge in [-0.25, -0.2) is 14.4 Å². The Morgan fingerprint density at radius 1 is 0.587 bits per heavy atom. The summed E-state index contributed by atoms with van der Waals surface area (Å²) >= 11 is 12.1. The molecule has 2 amide bonds. The molecular weight excluding hydrogens is 847 g/mol. The molecule has 5 aromatic carbocycles. The summed E-state index contributed by atoms with van der Waals surface area (Å²) < 4.78 is 8.20. The minimum atomic E-state index is -1.20. The second-order valence-electron chi connectivity index (χ2n) is 15.5. The lowest BCUT2D eigenvalue weighted by molar-refractivity contribution is -0.140. The number of nitrogens with one attached hydrogen (secondary N) is 2. The number of pyridine rings is 2. The van der Waals surface area contributed by atoms with Crippen molar-refractivity contribution in [3.8, 4) is 11.4 Å². The van der Waals surface area contributed by atoms with Crippen LogP contribution >= 0.6 is 23.2 Å². The van der Waals surface area contributed by atoms with Crippen molar-refractivity contribution in [2.45, 2.75) is 51.3 Å². The Labute approximate surface area is 371 Å². The van der Waals surface area contributed by atoms with E-state index in [1.54, 1.807) is 104 Å². The fourth-order valence-corrected chi connectivity index (χ4v) is 7.15. The highest BCUT2D eigenvalue weighted by Crippen LogP contribution is 2.25. The maximum atomic E-state index is 12.6. The summed E-state index contributed by atoms with van der Waals surface area (Å²) in [7, 11) is 0.